The maximum Gasteiger partial charge on any atom is 0.311 e. The van der Waals surface area contributed by atoms with Gasteiger partial charge in [0.2, 0.25) is 0 Å². The minimum absolute atomic E-state index is 0.0676. The first-order valence-corrected chi connectivity index (χ1v) is 8.93. The molecule has 2 aliphatic rings. The van der Waals surface area contributed by atoms with E-state index in [-0.39, 0.29) is 29.9 Å². The number of carbonyl (C=O) groups is 2. The lowest BCUT2D eigenvalue weighted by Gasteiger charge is -2.29. The van der Waals surface area contributed by atoms with E-state index in [9.17, 15) is 9.59 Å². The van der Waals surface area contributed by atoms with Gasteiger partial charge in [0, 0.05) is 0 Å². The van der Waals surface area contributed by atoms with Crippen molar-refractivity contribution in [1.29, 1.82) is 0 Å². The van der Waals surface area contributed by atoms with Crippen LogP contribution in [0.3, 0.4) is 0 Å². The van der Waals surface area contributed by atoms with Crippen molar-refractivity contribution in [3.8, 4) is 0 Å². The van der Waals surface area contributed by atoms with Gasteiger partial charge in [0.1, 0.15) is 11.7 Å². The van der Waals surface area contributed by atoms with E-state index < -0.39 is 17.4 Å². The molecule has 2 bridgehead atoms. The summed E-state index contributed by atoms with van der Waals surface area (Å²) in [7, 11) is 0. The highest BCUT2D eigenvalue weighted by Gasteiger charge is 2.53. The van der Waals surface area contributed by atoms with Gasteiger partial charge in [-0.2, -0.15) is 0 Å². The second-order valence-electron chi connectivity index (χ2n) is 8.02. The van der Waals surface area contributed by atoms with E-state index in [1.54, 1.807) is 0 Å². The lowest BCUT2D eigenvalue weighted by Crippen LogP contribution is -2.38. The summed E-state index contributed by atoms with van der Waals surface area (Å²) < 4.78 is 11.3. The third-order valence-corrected chi connectivity index (χ3v) is 4.97. The smallest absolute Gasteiger partial charge is 0.311 e. The van der Waals surface area contributed by atoms with Crippen LogP contribution in [0.4, 0.5) is 0 Å². The third-order valence-electron chi connectivity index (χ3n) is 4.97. The van der Waals surface area contributed by atoms with Crippen LogP contribution < -0.4 is 0 Å². The molecule has 1 aromatic rings. The van der Waals surface area contributed by atoms with Gasteiger partial charge in [0.05, 0.1) is 11.8 Å². The molecule has 2 aliphatic carbocycles. The number of hydrogen-bond donors (Lipinski definition) is 0. The van der Waals surface area contributed by atoms with E-state index in [4.69, 9.17) is 9.47 Å². The van der Waals surface area contributed by atoms with Crippen LogP contribution in [0, 0.1) is 23.7 Å². The van der Waals surface area contributed by atoms with Crippen LogP contribution >= 0.6 is 0 Å². The van der Waals surface area contributed by atoms with E-state index in [2.05, 4.69) is 0 Å². The van der Waals surface area contributed by atoms with Gasteiger partial charge in [-0.05, 0) is 51.5 Å². The summed E-state index contributed by atoms with van der Waals surface area (Å²) in [6.07, 6.45) is 4.58. The van der Waals surface area contributed by atoms with E-state index in [0.29, 0.717) is 0 Å². The average molecular weight is 342 g/mol. The molecule has 0 aliphatic heterocycles. The molecule has 3 rings (SSSR count). The van der Waals surface area contributed by atoms with Crippen molar-refractivity contribution in [2.24, 2.45) is 23.7 Å². The Labute approximate surface area is 149 Å². The lowest BCUT2D eigenvalue weighted by molar-refractivity contribution is -0.170. The molecule has 0 amide bonds. The van der Waals surface area contributed by atoms with Gasteiger partial charge in [-0.25, -0.2) is 0 Å². The Morgan fingerprint density at radius 2 is 1.56 bits per heavy atom. The van der Waals surface area contributed by atoms with Crippen LogP contribution in [0.2, 0.25) is 0 Å². The maximum atomic E-state index is 12.8. The summed E-state index contributed by atoms with van der Waals surface area (Å²) in [6, 6.07) is 9.64. The van der Waals surface area contributed by atoms with Crippen molar-refractivity contribution in [2.45, 2.75) is 45.8 Å². The molecule has 0 spiro atoms. The Morgan fingerprint density at radius 3 is 2.12 bits per heavy atom. The standard InChI is InChI=1S/C21H26O4/c1-13(14-8-6-5-7-9-14)24-19(22)17-15-10-11-16(12-15)18(17)20(23)25-21(2,3)4/h5-11,13,15-18H,12H2,1-4H3/t13-,15-,16+,17-,18+/m0/s1. The van der Waals surface area contributed by atoms with E-state index >= 15 is 0 Å². The molecule has 4 nitrogen and oxygen atoms in total. The second kappa shape index (κ2) is 6.66. The summed E-state index contributed by atoms with van der Waals surface area (Å²) in [4.78, 5) is 25.5. The minimum atomic E-state index is -0.561. The monoisotopic (exact) mass is 342 g/mol. The molecule has 4 heteroatoms. The molecule has 0 saturated heterocycles. The molecule has 1 fully saturated rings. The zero-order valence-corrected chi connectivity index (χ0v) is 15.3. The van der Waals surface area contributed by atoms with Crippen molar-refractivity contribution in [1.82, 2.24) is 0 Å². The van der Waals surface area contributed by atoms with Crippen LogP contribution in [-0.2, 0) is 19.1 Å². The van der Waals surface area contributed by atoms with E-state index in [1.807, 2.05) is 70.2 Å². The molecule has 0 unspecified atom stereocenters. The number of benzene rings is 1. The van der Waals surface area contributed by atoms with Gasteiger partial charge in [-0.1, -0.05) is 42.5 Å². The molecule has 0 N–H and O–H groups in total. The largest absolute Gasteiger partial charge is 0.460 e. The quantitative estimate of drug-likeness (QED) is 0.611. The first kappa shape index (κ1) is 17.7. The summed E-state index contributed by atoms with van der Waals surface area (Å²) in [5, 5.41) is 0. The molecular formula is C21H26O4. The molecule has 134 valence electrons. The van der Waals surface area contributed by atoms with Gasteiger partial charge in [-0.15, -0.1) is 0 Å². The fraction of sp³-hybridized carbons (Fsp3) is 0.524. The minimum Gasteiger partial charge on any atom is -0.460 e. The predicted molar refractivity (Wildman–Crippen MR) is 94.5 cm³/mol. The van der Waals surface area contributed by atoms with E-state index in [0.717, 1.165) is 12.0 Å². The highest BCUT2D eigenvalue weighted by molar-refractivity contribution is 5.84. The Morgan fingerprint density at radius 1 is 1.00 bits per heavy atom. The van der Waals surface area contributed by atoms with Crippen LogP contribution in [0.25, 0.3) is 0 Å². The summed E-state index contributed by atoms with van der Waals surface area (Å²) in [5.74, 6) is -1.34. The Hall–Kier alpha value is -2.10. The molecule has 5 atom stereocenters. The highest BCUT2D eigenvalue weighted by atomic mass is 16.6. The topological polar surface area (TPSA) is 52.6 Å². The van der Waals surface area contributed by atoms with Crippen LogP contribution in [0.15, 0.2) is 42.5 Å². The Balaban J connectivity index is 1.74. The van der Waals surface area contributed by atoms with Crippen LogP contribution in [-0.4, -0.2) is 17.5 Å². The second-order valence-corrected chi connectivity index (χ2v) is 8.02. The van der Waals surface area contributed by atoms with E-state index in [1.165, 1.54) is 0 Å². The lowest BCUT2D eigenvalue weighted by atomic mass is 9.83. The van der Waals surface area contributed by atoms with Gasteiger partial charge < -0.3 is 9.47 Å². The predicted octanol–water partition coefficient (Wildman–Crippen LogP) is 4.07. The van der Waals surface area contributed by atoms with Gasteiger partial charge >= 0.3 is 11.9 Å². The number of fused-ring (bicyclic) bond motifs is 2. The first-order chi connectivity index (χ1) is 11.8. The van der Waals surface area contributed by atoms with Crippen molar-refractivity contribution < 1.29 is 19.1 Å². The number of esters is 2. The molecule has 1 aromatic carbocycles. The van der Waals surface area contributed by atoms with Crippen LogP contribution in [0.1, 0.15) is 45.8 Å². The molecule has 25 heavy (non-hydrogen) atoms. The SMILES string of the molecule is C[C@H](OC(=O)[C@@H]1[C@H](C(=O)OC(C)(C)C)[C@@H]2C=C[C@H]1C2)c1ccccc1. The molecule has 0 radical (unpaired) electrons. The Kier molecular flexibility index (Phi) is 4.72. The van der Waals surface area contributed by atoms with Gasteiger partial charge in [-0.3, -0.25) is 9.59 Å². The fourth-order valence-electron chi connectivity index (χ4n) is 3.88. The van der Waals surface area contributed by atoms with Gasteiger partial charge in [0.25, 0.3) is 0 Å². The normalized spacial score (nSPS) is 28.6. The average Bonchev–Trinajstić information content (AvgIpc) is 3.15. The van der Waals surface area contributed by atoms with Crippen molar-refractivity contribution in [3.05, 3.63) is 48.0 Å². The molecule has 1 saturated carbocycles. The molecule has 0 heterocycles. The molecular weight excluding hydrogens is 316 g/mol. The molecule has 0 aromatic heterocycles. The number of hydrogen-bond acceptors (Lipinski definition) is 4. The van der Waals surface area contributed by atoms with Crippen molar-refractivity contribution in [3.63, 3.8) is 0 Å². The summed E-state index contributed by atoms with van der Waals surface area (Å²) in [5.41, 5.74) is 0.386. The zero-order valence-electron chi connectivity index (χ0n) is 15.3. The highest BCUT2D eigenvalue weighted by Crippen LogP contribution is 2.49. The summed E-state index contributed by atoms with van der Waals surface area (Å²) in [6.45, 7) is 7.40. The van der Waals surface area contributed by atoms with Gasteiger partial charge in [0.15, 0.2) is 0 Å². The number of rotatable bonds is 4. The number of ether oxygens (including phenoxy) is 2. The first-order valence-electron chi connectivity index (χ1n) is 8.93. The van der Waals surface area contributed by atoms with Crippen molar-refractivity contribution >= 4 is 11.9 Å². The zero-order chi connectivity index (χ0) is 18.2. The number of carbonyl (C=O) groups excluding carboxylic acids is 2. The van der Waals surface area contributed by atoms with Crippen molar-refractivity contribution in [2.75, 3.05) is 0 Å². The maximum absolute atomic E-state index is 12.8. The number of allylic oxidation sites excluding steroid dienone is 2. The Bertz CT molecular complexity index is 671. The van der Waals surface area contributed by atoms with Crippen LogP contribution in [0.5, 0.6) is 0 Å². The summed E-state index contributed by atoms with van der Waals surface area (Å²) >= 11 is 0. The third kappa shape index (κ3) is 3.78. The fourth-order valence-corrected chi connectivity index (χ4v) is 3.88.